The number of benzene rings is 1. The fourth-order valence-corrected chi connectivity index (χ4v) is 2.34. The van der Waals surface area contributed by atoms with E-state index >= 15 is 0 Å². The number of nitriles is 1. The van der Waals surface area contributed by atoms with E-state index in [1.54, 1.807) is 0 Å². The molecule has 92 valence electrons. The van der Waals surface area contributed by atoms with Gasteiger partial charge in [-0.25, -0.2) is 8.42 Å². The van der Waals surface area contributed by atoms with Crippen molar-refractivity contribution in [3.63, 3.8) is 0 Å². The Morgan fingerprint density at radius 3 is 2.24 bits per heavy atom. The molecule has 0 saturated heterocycles. The largest absolute Gasteiger partial charge is 0.416 e. The van der Waals surface area contributed by atoms with Crippen molar-refractivity contribution >= 4 is 19.7 Å². The maximum atomic E-state index is 12.5. The summed E-state index contributed by atoms with van der Waals surface area (Å²) in [4.78, 5) is -0.825. The molecule has 1 rings (SSSR count). The molecular formula is C9H5ClF3NO2S. The van der Waals surface area contributed by atoms with Gasteiger partial charge in [-0.1, -0.05) is 0 Å². The lowest BCUT2D eigenvalue weighted by Gasteiger charge is -2.10. The molecule has 0 amide bonds. The average Bonchev–Trinajstić information content (AvgIpc) is 2.13. The molecule has 0 N–H and O–H groups in total. The summed E-state index contributed by atoms with van der Waals surface area (Å²) in [5.41, 5.74) is -1.64. The topological polar surface area (TPSA) is 57.9 Å². The molecule has 3 nitrogen and oxygen atoms in total. The molecule has 0 saturated carbocycles. The van der Waals surface area contributed by atoms with Crippen LogP contribution in [0, 0.1) is 18.3 Å². The highest BCUT2D eigenvalue weighted by molar-refractivity contribution is 8.13. The van der Waals surface area contributed by atoms with E-state index in [1.165, 1.54) is 13.0 Å². The number of hydrogen-bond donors (Lipinski definition) is 0. The van der Waals surface area contributed by atoms with Crippen LogP contribution in [0.25, 0.3) is 0 Å². The zero-order valence-corrected chi connectivity index (χ0v) is 9.91. The van der Waals surface area contributed by atoms with Gasteiger partial charge >= 0.3 is 6.18 Å². The van der Waals surface area contributed by atoms with Crippen LogP contribution in [0.3, 0.4) is 0 Å². The third kappa shape index (κ3) is 2.90. The summed E-state index contributed by atoms with van der Waals surface area (Å²) >= 11 is 0. The zero-order valence-electron chi connectivity index (χ0n) is 8.34. The van der Waals surface area contributed by atoms with Gasteiger partial charge in [0.05, 0.1) is 11.1 Å². The second kappa shape index (κ2) is 4.20. The van der Waals surface area contributed by atoms with Crippen molar-refractivity contribution in [3.05, 3.63) is 28.8 Å². The monoisotopic (exact) mass is 283 g/mol. The third-order valence-electron chi connectivity index (χ3n) is 2.00. The van der Waals surface area contributed by atoms with Gasteiger partial charge in [-0.15, -0.1) is 0 Å². The van der Waals surface area contributed by atoms with Crippen molar-refractivity contribution in [2.45, 2.75) is 18.0 Å². The number of nitrogens with zero attached hydrogens (tertiary/aromatic N) is 1. The van der Waals surface area contributed by atoms with Gasteiger partial charge in [0.2, 0.25) is 0 Å². The van der Waals surface area contributed by atoms with Gasteiger partial charge in [0.25, 0.3) is 9.05 Å². The Kier molecular flexibility index (Phi) is 3.41. The Hall–Kier alpha value is -1.26. The molecule has 0 spiro atoms. The minimum atomic E-state index is -4.70. The summed E-state index contributed by atoms with van der Waals surface area (Å²) in [5, 5.41) is 8.70. The highest BCUT2D eigenvalue weighted by atomic mass is 35.7. The number of rotatable bonds is 1. The van der Waals surface area contributed by atoms with Crippen LogP contribution in [0.1, 0.15) is 16.7 Å². The molecule has 0 aliphatic heterocycles. The van der Waals surface area contributed by atoms with Gasteiger partial charge in [0.15, 0.2) is 0 Å². The lowest BCUT2D eigenvalue weighted by atomic mass is 10.1. The van der Waals surface area contributed by atoms with Crippen LogP contribution in [0.2, 0.25) is 0 Å². The number of halogens is 4. The molecule has 0 heterocycles. The first kappa shape index (κ1) is 13.8. The van der Waals surface area contributed by atoms with Gasteiger partial charge in [0, 0.05) is 10.7 Å². The van der Waals surface area contributed by atoms with Crippen molar-refractivity contribution in [3.8, 4) is 6.07 Å². The number of aryl methyl sites for hydroxylation is 1. The molecule has 0 radical (unpaired) electrons. The van der Waals surface area contributed by atoms with Crippen LogP contribution in [-0.4, -0.2) is 8.42 Å². The number of hydrogen-bond acceptors (Lipinski definition) is 3. The Bertz CT molecular complexity index is 602. The summed E-state index contributed by atoms with van der Waals surface area (Å²) in [6, 6.07) is 2.57. The van der Waals surface area contributed by atoms with E-state index in [4.69, 9.17) is 15.9 Å². The molecule has 0 bridgehead atoms. The molecule has 1 aromatic carbocycles. The van der Waals surface area contributed by atoms with E-state index in [1.807, 2.05) is 0 Å². The first-order valence-corrected chi connectivity index (χ1v) is 6.45. The minimum Gasteiger partial charge on any atom is -0.207 e. The molecule has 17 heavy (non-hydrogen) atoms. The van der Waals surface area contributed by atoms with Gasteiger partial charge in [-0.3, -0.25) is 0 Å². The SMILES string of the molecule is Cc1cc(C(F)(F)F)cc(S(=O)(=O)Cl)c1C#N. The standard InChI is InChI=1S/C9H5ClF3NO2S/c1-5-2-6(9(11,12)13)3-8(7(5)4-14)17(10,15)16/h2-3H,1H3. The molecule has 0 unspecified atom stereocenters. The molecule has 0 fully saturated rings. The lowest BCUT2D eigenvalue weighted by molar-refractivity contribution is -0.137. The van der Waals surface area contributed by atoms with Gasteiger partial charge in [-0.2, -0.15) is 18.4 Å². The van der Waals surface area contributed by atoms with Crippen molar-refractivity contribution in [2.75, 3.05) is 0 Å². The van der Waals surface area contributed by atoms with Crippen molar-refractivity contribution in [2.24, 2.45) is 0 Å². The molecule has 0 aromatic heterocycles. The van der Waals surface area contributed by atoms with Gasteiger partial charge in [-0.05, 0) is 24.6 Å². The molecule has 1 aromatic rings. The van der Waals surface area contributed by atoms with Crippen LogP contribution < -0.4 is 0 Å². The molecule has 8 heteroatoms. The normalized spacial score (nSPS) is 12.2. The summed E-state index contributed by atoms with van der Waals surface area (Å²) in [7, 11) is 0.589. The quantitative estimate of drug-likeness (QED) is 0.745. The predicted octanol–water partition coefficient (Wildman–Crippen LogP) is 2.81. The lowest BCUT2D eigenvalue weighted by Crippen LogP contribution is -2.08. The van der Waals surface area contributed by atoms with E-state index in [2.05, 4.69) is 0 Å². The Labute approximate surface area is 99.8 Å². The van der Waals surface area contributed by atoms with E-state index in [0.29, 0.717) is 12.1 Å². The summed E-state index contributed by atoms with van der Waals surface area (Å²) in [5.74, 6) is 0. The van der Waals surface area contributed by atoms with Crippen LogP contribution in [0.4, 0.5) is 13.2 Å². The second-order valence-electron chi connectivity index (χ2n) is 3.21. The Balaban J connectivity index is 3.70. The second-order valence-corrected chi connectivity index (χ2v) is 5.75. The first-order valence-electron chi connectivity index (χ1n) is 4.14. The fourth-order valence-electron chi connectivity index (χ4n) is 1.25. The summed E-state index contributed by atoms with van der Waals surface area (Å²) in [6.07, 6.45) is -4.70. The maximum Gasteiger partial charge on any atom is 0.416 e. The molecular weight excluding hydrogens is 279 g/mol. The maximum absolute atomic E-state index is 12.5. The van der Waals surface area contributed by atoms with Crippen LogP contribution in [-0.2, 0) is 15.2 Å². The minimum absolute atomic E-state index is 0.0958. The smallest absolute Gasteiger partial charge is 0.207 e. The van der Waals surface area contributed by atoms with Crippen LogP contribution >= 0.6 is 10.7 Å². The molecule has 0 aliphatic carbocycles. The Morgan fingerprint density at radius 1 is 1.35 bits per heavy atom. The first-order chi connectivity index (χ1) is 7.57. The fraction of sp³-hybridized carbons (Fsp3) is 0.222. The average molecular weight is 284 g/mol. The molecule has 0 atom stereocenters. The van der Waals surface area contributed by atoms with E-state index in [0.717, 1.165) is 0 Å². The van der Waals surface area contributed by atoms with E-state index < -0.39 is 25.7 Å². The zero-order chi connectivity index (χ0) is 13.4. The van der Waals surface area contributed by atoms with Crippen LogP contribution in [0.15, 0.2) is 17.0 Å². The highest BCUT2D eigenvalue weighted by Gasteiger charge is 2.33. The molecule has 0 aliphatic rings. The summed E-state index contributed by atoms with van der Waals surface area (Å²) < 4.78 is 59.5. The van der Waals surface area contributed by atoms with Crippen molar-refractivity contribution in [1.82, 2.24) is 0 Å². The van der Waals surface area contributed by atoms with E-state index in [9.17, 15) is 21.6 Å². The van der Waals surface area contributed by atoms with Gasteiger partial charge in [0.1, 0.15) is 11.0 Å². The number of alkyl halides is 3. The Morgan fingerprint density at radius 2 is 1.88 bits per heavy atom. The van der Waals surface area contributed by atoms with Crippen LogP contribution in [0.5, 0.6) is 0 Å². The predicted molar refractivity (Wildman–Crippen MR) is 53.9 cm³/mol. The van der Waals surface area contributed by atoms with Crippen molar-refractivity contribution < 1.29 is 21.6 Å². The highest BCUT2D eigenvalue weighted by Crippen LogP contribution is 2.34. The van der Waals surface area contributed by atoms with E-state index in [-0.39, 0.29) is 11.1 Å². The summed E-state index contributed by atoms with van der Waals surface area (Å²) in [6.45, 7) is 1.21. The van der Waals surface area contributed by atoms with Crippen molar-refractivity contribution in [1.29, 1.82) is 5.26 Å². The third-order valence-corrected chi connectivity index (χ3v) is 3.35. The van der Waals surface area contributed by atoms with Gasteiger partial charge < -0.3 is 0 Å².